The van der Waals surface area contributed by atoms with E-state index in [2.05, 4.69) is 23.7 Å². The lowest BCUT2D eigenvalue weighted by Crippen LogP contribution is -3.12. The van der Waals surface area contributed by atoms with Crippen molar-refractivity contribution in [1.29, 1.82) is 0 Å². The van der Waals surface area contributed by atoms with Gasteiger partial charge >= 0.3 is 0 Å². The van der Waals surface area contributed by atoms with Crippen molar-refractivity contribution in [2.75, 3.05) is 25.5 Å². The number of thiophene rings is 1. The first kappa shape index (κ1) is 21.0. The van der Waals surface area contributed by atoms with Crippen molar-refractivity contribution in [1.82, 2.24) is 4.31 Å². The van der Waals surface area contributed by atoms with E-state index in [-0.39, 0.29) is 16.8 Å². The third-order valence-corrected chi connectivity index (χ3v) is 8.30. The van der Waals surface area contributed by atoms with Crippen LogP contribution in [0.5, 0.6) is 0 Å². The van der Waals surface area contributed by atoms with Crippen LogP contribution < -0.4 is 10.2 Å². The molecule has 0 saturated carbocycles. The SMILES string of the molecule is Cc1ccsc1C[NH+](C)[C@H](C)C(=O)Nc1ccc(S(=O)(=O)N2CCCC2)cc1. The number of benzene rings is 1. The number of amides is 1. The molecule has 0 radical (unpaired) electrons. The second kappa shape index (κ2) is 8.73. The van der Waals surface area contributed by atoms with Gasteiger partial charge in [-0.3, -0.25) is 4.79 Å². The first-order chi connectivity index (χ1) is 13.3. The molecule has 1 saturated heterocycles. The molecule has 0 spiro atoms. The maximum absolute atomic E-state index is 12.6. The number of aryl methyl sites for hydroxylation is 1. The molecule has 0 aliphatic carbocycles. The Balaban J connectivity index is 1.61. The fourth-order valence-corrected chi connectivity index (χ4v) is 5.77. The number of nitrogens with one attached hydrogen (secondary N) is 2. The standard InChI is InChI=1S/C20H27N3O3S2/c1-15-10-13-27-19(15)14-22(3)16(2)20(24)21-17-6-8-18(9-7-17)28(25,26)23-11-4-5-12-23/h6-10,13,16H,4-5,11-12,14H2,1-3H3,(H,21,24)/p+1/t16-/m1/s1. The minimum atomic E-state index is -3.43. The molecule has 6 nitrogen and oxygen atoms in total. The van der Waals surface area contributed by atoms with E-state index in [0.717, 1.165) is 24.3 Å². The number of hydrogen-bond acceptors (Lipinski definition) is 4. The van der Waals surface area contributed by atoms with Crippen LogP contribution in [0.15, 0.2) is 40.6 Å². The second-order valence-electron chi connectivity index (χ2n) is 7.40. The number of anilines is 1. The van der Waals surface area contributed by atoms with Gasteiger partial charge < -0.3 is 10.2 Å². The summed E-state index contributed by atoms with van der Waals surface area (Å²) in [7, 11) is -1.42. The van der Waals surface area contributed by atoms with E-state index < -0.39 is 10.0 Å². The molecule has 1 aromatic carbocycles. The molecule has 1 aliphatic rings. The van der Waals surface area contributed by atoms with Crippen LogP contribution in [0.2, 0.25) is 0 Å². The molecule has 2 atom stereocenters. The molecule has 2 aromatic rings. The Labute approximate surface area is 171 Å². The number of sulfonamides is 1. The molecule has 1 amide bonds. The summed E-state index contributed by atoms with van der Waals surface area (Å²) >= 11 is 1.71. The Morgan fingerprint density at radius 1 is 1.21 bits per heavy atom. The van der Waals surface area contributed by atoms with E-state index >= 15 is 0 Å². The smallest absolute Gasteiger partial charge is 0.282 e. The molecule has 1 fully saturated rings. The summed E-state index contributed by atoms with van der Waals surface area (Å²) in [5.74, 6) is -0.0816. The topological polar surface area (TPSA) is 70.9 Å². The number of carbonyl (C=O) groups is 1. The molecule has 152 valence electrons. The Bertz CT molecular complexity index is 916. The van der Waals surface area contributed by atoms with E-state index in [9.17, 15) is 13.2 Å². The molecule has 28 heavy (non-hydrogen) atoms. The van der Waals surface area contributed by atoms with Crippen molar-refractivity contribution >= 4 is 33.0 Å². The highest BCUT2D eigenvalue weighted by molar-refractivity contribution is 7.89. The van der Waals surface area contributed by atoms with Gasteiger partial charge in [-0.25, -0.2) is 8.42 Å². The number of quaternary nitrogens is 1. The summed E-state index contributed by atoms with van der Waals surface area (Å²) in [6, 6.07) is 8.32. The van der Waals surface area contributed by atoms with Crippen LogP contribution >= 0.6 is 11.3 Å². The summed E-state index contributed by atoms with van der Waals surface area (Å²) in [5.41, 5.74) is 1.86. The second-order valence-corrected chi connectivity index (χ2v) is 10.3. The zero-order valence-corrected chi connectivity index (χ0v) is 18.2. The normalized spacial score (nSPS) is 17.4. The maximum Gasteiger partial charge on any atom is 0.282 e. The quantitative estimate of drug-likeness (QED) is 0.716. The molecule has 1 aliphatic heterocycles. The highest BCUT2D eigenvalue weighted by atomic mass is 32.2. The van der Waals surface area contributed by atoms with Gasteiger partial charge in [0.05, 0.1) is 16.8 Å². The molecule has 1 unspecified atom stereocenters. The lowest BCUT2D eigenvalue weighted by Gasteiger charge is -2.21. The maximum atomic E-state index is 12.6. The van der Waals surface area contributed by atoms with Crippen LogP contribution in [-0.4, -0.2) is 44.8 Å². The van der Waals surface area contributed by atoms with Crippen LogP contribution in [0.4, 0.5) is 5.69 Å². The van der Waals surface area contributed by atoms with Crippen molar-refractivity contribution < 1.29 is 18.1 Å². The summed E-state index contributed by atoms with van der Waals surface area (Å²) in [6.45, 7) is 5.95. The summed E-state index contributed by atoms with van der Waals surface area (Å²) in [6.07, 6.45) is 1.82. The number of likely N-dealkylation sites (N-methyl/N-ethyl adjacent to an activating group) is 1. The van der Waals surface area contributed by atoms with Crippen LogP contribution in [0.3, 0.4) is 0 Å². The van der Waals surface area contributed by atoms with Gasteiger partial charge in [0.15, 0.2) is 6.04 Å². The van der Waals surface area contributed by atoms with E-state index in [1.54, 1.807) is 35.6 Å². The molecule has 2 N–H and O–H groups in total. The van der Waals surface area contributed by atoms with Gasteiger partial charge in [-0.2, -0.15) is 4.31 Å². The first-order valence-corrected chi connectivity index (χ1v) is 11.9. The van der Waals surface area contributed by atoms with E-state index in [4.69, 9.17) is 0 Å². The van der Waals surface area contributed by atoms with E-state index in [1.165, 1.54) is 14.7 Å². The fourth-order valence-electron chi connectivity index (χ4n) is 3.25. The Morgan fingerprint density at radius 2 is 1.86 bits per heavy atom. The Hall–Kier alpha value is -1.74. The minimum Gasteiger partial charge on any atom is -0.323 e. The van der Waals surface area contributed by atoms with Crippen molar-refractivity contribution in [2.45, 2.75) is 44.2 Å². The van der Waals surface area contributed by atoms with Gasteiger partial charge in [-0.05, 0) is 68.0 Å². The molecule has 3 rings (SSSR count). The average molecular weight is 423 g/mol. The minimum absolute atomic E-state index is 0.0816. The van der Waals surface area contributed by atoms with Crippen LogP contribution in [-0.2, 0) is 21.4 Å². The van der Waals surface area contributed by atoms with E-state index in [0.29, 0.717) is 18.8 Å². The van der Waals surface area contributed by atoms with Gasteiger partial charge in [0.25, 0.3) is 5.91 Å². The predicted octanol–water partition coefficient (Wildman–Crippen LogP) is 1.88. The lowest BCUT2D eigenvalue weighted by molar-refractivity contribution is -0.907. The number of nitrogens with zero attached hydrogens (tertiary/aromatic N) is 1. The Morgan fingerprint density at radius 3 is 2.43 bits per heavy atom. The zero-order chi connectivity index (χ0) is 20.3. The first-order valence-electron chi connectivity index (χ1n) is 9.55. The molecule has 0 bridgehead atoms. The van der Waals surface area contributed by atoms with Gasteiger partial charge in [-0.1, -0.05) is 0 Å². The molecular weight excluding hydrogens is 394 g/mol. The highest BCUT2D eigenvalue weighted by Gasteiger charge is 2.27. The summed E-state index contributed by atoms with van der Waals surface area (Å²) in [5, 5.41) is 4.97. The monoisotopic (exact) mass is 422 g/mol. The number of hydrogen-bond donors (Lipinski definition) is 2. The predicted molar refractivity (Wildman–Crippen MR) is 112 cm³/mol. The van der Waals surface area contributed by atoms with Crippen LogP contribution in [0.1, 0.15) is 30.2 Å². The molecular formula is C20H28N3O3S2+. The average Bonchev–Trinajstić information content (AvgIpc) is 3.34. The highest BCUT2D eigenvalue weighted by Crippen LogP contribution is 2.22. The van der Waals surface area contributed by atoms with Gasteiger partial charge in [-0.15, -0.1) is 11.3 Å². The zero-order valence-electron chi connectivity index (χ0n) is 16.6. The van der Waals surface area contributed by atoms with Crippen LogP contribution in [0, 0.1) is 6.92 Å². The third-order valence-electron chi connectivity index (χ3n) is 5.36. The van der Waals surface area contributed by atoms with Crippen molar-refractivity contribution in [3.8, 4) is 0 Å². The van der Waals surface area contributed by atoms with Crippen molar-refractivity contribution in [2.24, 2.45) is 0 Å². The fraction of sp³-hybridized carbons (Fsp3) is 0.450. The van der Waals surface area contributed by atoms with E-state index in [1.807, 2.05) is 14.0 Å². The van der Waals surface area contributed by atoms with Crippen molar-refractivity contribution in [3.63, 3.8) is 0 Å². The number of carbonyl (C=O) groups excluding carboxylic acids is 1. The molecule has 1 aromatic heterocycles. The molecule has 8 heteroatoms. The molecule has 2 heterocycles. The lowest BCUT2D eigenvalue weighted by atomic mass is 10.2. The number of rotatable bonds is 7. The Kier molecular flexibility index (Phi) is 6.54. The third kappa shape index (κ3) is 4.63. The summed E-state index contributed by atoms with van der Waals surface area (Å²) < 4.78 is 26.7. The van der Waals surface area contributed by atoms with Gasteiger partial charge in [0.1, 0.15) is 6.54 Å². The summed E-state index contributed by atoms with van der Waals surface area (Å²) in [4.78, 5) is 15.3. The van der Waals surface area contributed by atoms with Crippen molar-refractivity contribution in [3.05, 3.63) is 46.2 Å². The van der Waals surface area contributed by atoms with Gasteiger partial charge in [0.2, 0.25) is 10.0 Å². The van der Waals surface area contributed by atoms with Crippen LogP contribution in [0.25, 0.3) is 0 Å². The van der Waals surface area contributed by atoms with Gasteiger partial charge in [0, 0.05) is 18.8 Å². The largest absolute Gasteiger partial charge is 0.323 e.